The fourth-order valence-electron chi connectivity index (χ4n) is 3.78. The highest BCUT2D eigenvalue weighted by molar-refractivity contribution is 6.19. The van der Waals surface area contributed by atoms with E-state index in [0.29, 0.717) is 28.0 Å². The third-order valence-electron chi connectivity index (χ3n) is 5.42. The topological polar surface area (TPSA) is 95.8 Å². The maximum atomic E-state index is 13.8. The van der Waals surface area contributed by atoms with Crippen molar-refractivity contribution in [1.29, 1.82) is 0 Å². The van der Waals surface area contributed by atoms with Crippen LogP contribution in [0.4, 0.5) is 13.2 Å². The van der Waals surface area contributed by atoms with Gasteiger partial charge in [0.1, 0.15) is 38.6 Å². The number of hydrogen-bond donors (Lipinski definition) is 0. The van der Waals surface area contributed by atoms with Gasteiger partial charge in [-0.2, -0.15) is 13.2 Å². The van der Waals surface area contributed by atoms with Crippen molar-refractivity contribution in [1.82, 2.24) is 29.9 Å². The van der Waals surface area contributed by atoms with E-state index in [1.54, 1.807) is 26.8 Å². The summed E-state index contributed by atoms with van der Waals surface area (Å²) in [4.78, 5) is 27.1. The number of halogens is 3. The Kier molecular flexibility index (Phi) is 4.49. The van der Waals surface area contributed by atoms with Gasteiger partial charge in [0.15, 0.2) is 0 Å². The number of fused-ring (bicyclic) bond motifs is 7. The summed E-state index contributed by atoms with van der Waals surface area (Å²) in [6, 6.07) is 2.61. The molecule has 0 amide bonds. The van der Waals surface area contributed by atoms with Gasteiger partial charge in [0, 0.05) is 0 Å². The number of aromatic nitrogens is 6. The van der Waals surface area contributed by atoms with Crippen molar-refractivity contribution < 1.29 is 22.6 Å². The average Bonchev–Trinajstić information content (AvgIpc) is 2.77. The number of alkyl halides is 3. The molecule has 0 aliphatic rings. The molecule has 5 aromatic rings. The van der Waals surface area contributed by atoms with Crippen molar-refractivity contribution in [3.05, 3.63) is 34.6 Å². The van der Waals surface area contributed by atoms with E-state index in [0.717, 1.165) is 6.07 Å². The summed E-state index contributed by atoms with van der Waals surface area (Å²) in [6.45, 7) is 5.17. The van der Waals surface area contributed by atoms with Crippen LogP contribution in [0.2, 0.25) is 0 Å². The summed E-state index contributed by atoms with van der Waals surface area (Å²) in [7, 11) is 2.80. The zero-order valence-corrected chi connectivity index (χ0v) is 18.3. The van der Waals surface area contributed by atoms with Gasteiger partial charge in [-0.3, -0.25) is 0 Å². The average molecular weight is 454 g/mol. The second kappa shape index (κ2) is 7.06. The lowest BCUT2D eigenvalue weighted by Gasteiger charge is -2.14. The van der Waals surface area contributed by atoms with Gasteiger partial charge >= 0.3 is 6.18 Å². The summed E-state index contributed by atoms with van der Waals surface area (Å²) >= 11 is 0. The van der Waals surface area contributed by atoms with Gasteiger partial charge in [0.2, 0.25) is 0 Å². The summed E-state index contributed by atoms with van der Waals surface area (Å²) in [5.41, 5.74) is 2.30. The Morgan fingerprint density at radius 2 is 1.06 bits per heavy atom. The molecule has 0 aliphatic carbocycles. The molecule has 3 aromatic heterocycles. The van der Waals surface area contributed by atoms with Crippen LogP contribution in [-0.2, 0) is 6.18 Å². The molecule has 11 heteroatoms. The number of aryl methyl sites for hydroxylation is 3. The Hall–Kier alpha value is -3.89. The molecule has 0 fully saturated rings. The number of rotatable bonds is 2. The molecular weight excluding hydrogens is 437 g/mol. The predicted octanol–water partition coefficient (Wildman–Crippen LogP) is 4.63. The van der Waals surface area contributed by atoms with E-state index in [4.69, 9.17) is 9.47 Å². The molecule has 3 heterocycles. The van der Waals surface area contributed by atoms with Crippen molar-refractivity contribution in [3.63, 3.8) is 0 Å². The first kappa shape index (κ1) is 21.0. The zero-order chi connectivity index (χ0) is 23.7. The molecule has 0 N–H and O–H groups in total. The number of ether oxygens (including phenoxy) is 2. The minimum absolute atomic E-state index is 0.0595. The molecule has 168 valence electrons. The van der Waals surface area contributed by atoms with Crippen molar-refractivity contribution in [2.75, 3.05) is 14.2 Å². The van der Waals surface area contributed by atoms with E-state index in [1.807, 2.05) is 0 Å². The van der Waals surface area contributed by atoms with Crippen LogP contribution in [0, 0.1) is 20.8 Å². The molecule has 0 aliphatic heterocycles. The zero-order valence-electron chi connectivity index (χ0n) is 18.3. The van der Waals surface area contributed by atoms with E-state index in [1.165, 1.54) is 14.2 Å². The molecule has 2 aromatic carbocycles. The highest BCUT2D eigenvalue weighted by Crippen LogP contribution is 2.38. The second-order valence-electron chi connectivity index (χ2n) is 7.63. The number of methoxy groups -OCH3 is 2. The van der Waals surface area contributed by atoms with Crippen LogP contribution in [0.5, 0.6) is 11.8 Å². The molecular formula is C22H17F3N6O2. The summed E-state index contributed by atoms with van der Waals surface area (Å²) in [5.74, 6) is 0.162. The van der Waals surface area contributed by atoms with Gasteiger partial charge < -0.3 is 9.47 Å². The van der Waals surface area contributed by atoms with Crippen LogP contribution >= 0.6 is 0 Å². The molecule has 33 heavy (non-hydrogen) atoms. The number of hydrogen-bond acceptors (Lipinski definition) is 8. The van der Waals surface area contributed by atoms with Gasteiger partial charge in [-0.25, -0.2) is 29.9 Å². The van der Waals surface area contributed by atoms with Crippen LogP contribution < -0.4 is 9.47 Å². The van der Waals surface area contributed by atoms with E-state index in [9.17, 15) is 13.2 Å². The molecule has 0 unspecified atom stereocenters. The van der Waals surface area contributed by atoms with E-state index < -0.39 is 11.7 Å². The van der Waals surface area contributed by atoms with Crippen LogP contribution in [0.1, 0.15) is 22.5 Å². The third-order valence-corrected chi connectivity index (χ3v) is 5.42. The lowest BCUT2D eigenvalue weighted by atomic mass is 10.1. The van der Waals surface area contributed by atoms with Crippen molar-refractivity contribution in [2.24, 2.45) is 0 Å². The quantitative estimate of drug-likeness (QED) is 0.281. The minimum atomic E-state index is -4.61. The summed E-state index contributed by atoms with van der Waals surface area (Å²) < 4.78 is 52.0. The second-order valence-corrected chi connectivity index (χ2v) is 7.63. The van der Waals surface area contributed by atoms with Crippen molar-refractivity contribution in [3.8, 4) is 11.8 Å². The Labute approximate surface area is 184 Å². The molecule has 8 nitrogen and oxygen atoms in total. The van der Waals surface area contributed by atoms with Crippen LogP contribution in [-0.4, -0.2) is 44.1 Å². The van der Waals surface area contributed by atoms with Gasteiger partial charge in [-0.1, -0.05) is 0 Å². The lowest BCUT2D eigenvalue weighted by molar-refractivity contribution is -0.136. The Balaban J connectivity index is 2.09. The first-order valence-electron chi connectivity index (χ1n) is 9.88. The number of benzene rings is 2. The monoisotopic (exact) mass is 454 g/mol. The first-order chi connectivity index (χ1) is 15.6. The van der Waals surface area contributed by atoms with Gasteiger partial charge in [0.25, 0.3) is 11.8 Å². The smallest absolute Gasteiger partial charge is 0.418 e. The standard InChI is InChI=1S/C22H17F3N6O2/c1-8-6-11(22(23,24)25)13-12(7-8)28-16-14-15(27-10(3)9(2)26-14)18-19(17(16)29-13)31-21(33-5)20(30-18)32-4/h6-7H,1-5H3. The molecule has 0 spiro atoms. The van der Waals surface area contributed by atoms with Crippen LogP contribution in [0.3, 0.4) is 0 Å². The summed E-state index contributed by atoms with van der Waals surface area (Å²) in [5, 5.41) is 0. The van der Waals surface area contributed by atoms with E-state index in [-0.39, 0.29) is 44.9 Å². The Morgan fingerprint density at radius 3 is 1.55 bits per heavy atom. The van der Waals surface area contributed by atoms with E-state index >= 15 is 0 Å². The maximum absolute atomic E-state index is 13.8. The first-order valence-corrected chi connectivity index (χ1v) is 9.88. The maximum Gasteiger partial charge on any atom is 0.418 e. The highest BCUT2D eigenvalue weighted by atomic mass is 19.4. The molecule has 5 rings (SSSR count). The van der Waals surface area contributed by atoms with Gasteiger partial charge in [0.05, 0.1) is 36.7 Å². The molecule has 0 bridgehead atoms. The van der Waals surface area contributed by atoms with Crippen molar-refractivity contribution >= 4 is 44.1 Å². The molecule has 0 saturated heterocycles. The van der Waals surface area contributed by atoms with E-state index in [2.05, 4.69) is 29.9 Å². The molecule has 0 saturated carbocycles. The van der Waals surface area contributed by atoms with Gasteiger partial charge in [-0.15, -0.1) is 0 Å². The fourth-order valence-corrected chi connectivity index (χ4v) is 3.78. The van der Waals surface area contributed by atoms with Gasteiger partial charge in [-0.05, 0) is 38.5 Å². The predicted molar refractivity (Wildman–Crippen MR) is 116 cm³/mol. The highest BCUT2D eigenvalue weighted by Gasteiger charge is 2.34. The molecule has 0 atom stereocenters. The minimum Gasteiger partial charge on any atom is -0.477 e. The SMILES string of the molecule is COc1nc2c3nc(C)c(C)nc3c3nc4cc(C)cc(C(F)(F)F)c4nc3c2nc1OC. The van der Waals surface area contributed by atoms with Crippen molar-refractivity contribution in [2.45, 2.75) is 26.9 Å². The Morgan fingerprint density at radius 1 is 0.606 bits per heavy atom. The summed E-state index contributed by atoms with van der Waals surface area (Å²) in [6.07, 6.45) is -4.61. The lowest BCUT2D eigenvalue weighted by Crippen LogP contribution is -2.09. The number of nitrogens with zero attached hydrogens (tertiary/aromatic N) is 6. The Bertz CT molecular complexity index is 1620. The largest absolute Gasteiger partial charge is 0.477 e. The third kappa shape index (κ3) is 3.14. The molecule has 0 radical (unpaired) electrons. The normalized spacial score (nSPS) is 12.2. The fraction of sp³-hybridized carbons (Fsp3) is 0.273. The van der Waals surface area contributed by atoms with Crippen LogP contribution in [0.25, 0.3) is 44.1 Å². The van der Waals surface area contributed by atoms with Crippen LogP contribution in [0.15, 0.2) is 12.1 Å².